The maximum Gasteiger partial charge on any atom is 0.417 e. The van der Waals surface area contributed by atoms with Crippen LogP contribution in [0.15, 0.2) is 23.0 Å². The lowest BCUT2D eigenvalue weighted by molar-refractivity contribution is -0.136. The highest BCUT2D eigenvalue weighted by Crippen LogP contribution is 2.39. The molecule has 1 aliphatic rings. The van der Waals surface area contributed by atoms with E-state index in [0.29, 0.717) is 6.07 Å². The predicted molar refractivity (Wildman–Crippen MR) is 84.8 cm³/mol. The van der Waals surface area contributed by atoms with Crippen molar-refractivity contribution in [1.82, 2.24) is 4.98 Å². The second-order valence-electron chi connectivity index (χ2n) is 6.21. The number of aromatic amines is 1. The molecule has 1 aromatic heterocycles. The Morgan fingerprint density at radius 1 is 1.17 bits per heavy atom. The second kappa shape index (κ2) is 5.28. The molecule has 124 valence electrons. The molecule has 1 aromatic carbocycles. The van der Waals surface area contributed by atoms with E-state index in [1.807, 2.05) is 0 Å². The number of halogens is 3. The van der Waals surface area contributed by atoms with Crippen LogP contribution in [0.5, 0.6) is 0 Å². The van der Waals surface area contributed by atoms with E-state index in [1.165, 1.54) is 0 Å². The van der Waals surface area contributed by atoms with E-state index in [2.05, 4.69) is 24.1 Å². The van der Waals surface area contributed by atoms with Crippen molar-refractivity contribution in [2.24, 2.45) is 0 Å². The van der Waals surface area contributed by atoms with Crippen molar-refractivity contribution in [2.75, 3.05) is 5.32 Å². The molecule has 2 heterocycles. The number of rotatable bonds is 2. The van der Waals surface area contributed by atoms with Crippen LogP contribution in [0.3, 0.4) is 0 Å². The van der Waals surface area contributed by atoms with Gasteiger partial charge < -0.3 is 10.3 Å². The van der Waals surface area contributed by atoms with Crippen LogP contribution in [0.2, 0.25) is 0 Å². The Balaban J connectivity index is 2.20. The van der Waals surface area contributed by atoms with Crippen LogP contribution in [0.25, 0.3) is 10.9 Å². The summed E-state index contributed by atoms with van der Waals surface area (Å²) in [6.07, 6.45) is -1.03. The van der Waals surface area contributed by atoms with Crippen molar-refractivity contribution in [3.63, 3.8) is 0 Å². The SMILES string of the molecule is CCC1(CC)CCc2cc3c(C(F)(F)F)cc(=O)[nH]c3cc2N1. The number of hydrogen-bond donors (Lipinski definition) is 2. The van der Waals surface area contributed by atoms with Gasteiger partial charge in [-0.25, -0.2) is 0 Å². The first-order valence-corrected chi connectivity index (χ1v) is 7.83. The average molecular weight is 324 g/mol. The third-order valence-corrected chi connectivity index (χ3v) is 5.00. The van der Waals surface area contributed by atoms with Gasteiger partial charge in [0, 0.05) is 22.7 Å². The quantitative estimate of drug-likeness (QED) is 0.856. The number of alkyl halides is 3. The number of aryl methyl sites for hydroxylation is 1. The Bertz CT molecular complexity index is 804. The standard InChI is InChI=1S/C17H19F3N2O/c1-3-16(4-2)6-5-10-7-11-12(17(18,19)20)8-15(23)21-14(11)9-13(10)22-16/h7-9,22H,3-6H2,1-2H3,(H,21,23). The van der Waals surface area contributed by atoms with Crippen LogP contribution >= 0.6 is 0 Å². The fraction of sp³-hybridized carbons (Fsp3) is 0.471. The highest BCUT2D eigenvalue weighted by molar-refractivity contribution is 5.87. The molecule has 3 nitrogen and oxygen atoms in total. The van der Waals surface area contributed by atoms with Gasteiger partial charge in [0.2, 0.25) is 5.56 Å². The smallest absolute Gasteiger partial charge is 0.379 e. The minimum absolute atomic E-state index is 0.0252. The molecule has 0 amide bonds. The molecule has 0 atom stereocenters. The molecule has 1 aliphatic heterocycles. The van der Waals surface area contributed by atoms with Crippen molar-refractivity contribution in [3.8, 4) is 0 Å². The Morgan fingerprint density at radius 3 is 2.48 bits per heavy atom. The highest BCUT2D eigenvalue weighted by atomic mass is 19.4. The minimum Gasteiger partial charge on any atom is -0.379 e. The zero-order valence-corrected chi connectivity index (χ0v) is 13.1. The third kappa shape index (κ3) is 2.71. The second-order valence-corrected chi connectivity index (χ2v) is 6.21. The van der Waals surface area contributed by atoms with Crippen molar-refractivity contribution in [1.29, 1.82) is 0 Å². The molecular weight excluding hydrogens is 305 g/mol. The van der Waals surface area contributed by atoms with Crippen LogP contribution in [-0.2, 0) is 12.6 Å². The van der Waals surface area contributed by atoms with E-state index >= 15 is 0 Å². The number of H-pyrrole nitrogens is 1. The molecule has 2 aromatic rings. The predicted octanol–water partition coefficient (Wildman–Crippen LogP) is 4.46. The van der Waals surface area contributed by atoms with Gasteiger partial charge in [-0.2, -0.15) is 13.2 Å². The zero-order valence-electron chi connectivity index (χ0n) is 13.1. The molecule has 3 rings (SSSR count). The van der Waals surface area contributed by atoms with Gasteiger partial charge in [-0.15, -0.1) is 0 Å². The average Bonchev–Trinajstić information content (AvgIpc) is 2.50. The third-order valence-electron chi connectivity index (χ3n) is 5.00. The normalized spacial score (nSPS) is 16.9. The largest absolute Gasteiger partial charge is 0.417 e. The Kier molecular flexibility index (Phi) is 3.65. The Hall–Kier alpha value is -1.98. The topological polar surface area (TPSA) is 44.9 Å². The lowest BCUT2D eigenvalue weighted by atomic mass is 9.81. The monoisotopic (exact) mass is 324 g/mol. The van der Waals surface area contributed by atoms with Gasteiger partial charge in [0.05, 0.1) is 11.1 Å². The van der Waals surface area contributed by atoms with Gasteiger partial charge >= 0.3 is 6.18 Å². The fourth-order valence-corrected chi connectivity index (χ4v) is 3.41. The van der Waals surface area contributed by atoms with E-state index in [1.54, 1.807) is 12.1 Å². The molecule has 23 heavy (non-hydrogen) atoms. The molecule has 0 radical (unpaired) electrons. The van der Waals surface area contributed by atoms with Crippen LogP contribution in [-0.4, -0.2) is 10.5 Å². The summed E-state index contributed by atoms with van der Waals surface area (Å²) in [5, 5.41) is 3.53. The van der Waals surface area contributed by atoms with Crippen LogP contribution < -0.4 is 10.9 Å². The minimum atomic E-state index is -4.54. The van der Waals surface area contributed by atoms with E-state index in [-0.39, 0.29) is 16.4 Å². The van der Waals surface area contributed by atoms with Gasteiger partial charge in [0.1, 0.15) is 0 Å². The summed E-state index contributed by atoms with van der Waals surface area (Å²) in [6.45, 7) is 4.21. The van der Waals surface area contributed by atoms with Gasteiger partial charge in [-0.05, 0) is 43.4 Å². The summed E-state index contributed by atoms with van der Waals surface area (Å²) in [5.74, 6) is 0. The van der Waals surface area contributed by atoms with Gasteiger partial charge in [0.25, 0.3) is 0 Å². The van der Waals surface area contributed by atoms with Crippen molar-refractivity contribution >= 4 is 16.6 Å². The first kappa shape index (κ1) is 15.9. The van der Waals surface area contributed by atoms with E-state index in [4.69, 9.17) is 0 Å². The van der Waals surface area contributed by atoms with E-state index in [0.717, 1.165) is 36.9 Å². The molecule has 0 bridgehead atoms. The molecule has 2 N–H and O–H groups in total. The van der Waals surface area contributed by atoms with Crippen LogP contribution in [0, 0.1) is 0 Å². The van der Waals surface area contributed by atoms with Crippen molar-refractivity contribution in [3.05, 3.63) is 39.7 Å². The summed E-state index contributed by atoms with van der Waals surface area (Å²) in [5.41, 5.74) is 0.275. The molecule has 0 saturated carbocycles. The number of benzene rings is 1. The molecular formula is C17H19F3N2O. The first-order valence-electron chi connectivity index (χ1n) is 7.83. The fourth-order valence-electron chi connectivity index (χ4n) is 3.41. The number of aromatic nitrogens is 1. The highest BCUT2D eigenvalue weighted by Gasteiger charge is 2.35. The number of nitrogens with one attached hydrogen (secondary N) is 2. The van der Waals surface area contributed by atoms with Gasteiger partial charge in [-0.1, -0.05) is 13.8 Å². The molecule has 0 spiro atoms. The Labute approximate surface area is 131 Å². The summed E-state index contributed by atoms with van der Waals surface area (Å²) >= 11 is 0. The van der Waals surface area contributed by atoms with E-state index in [9.17, 15) is 18.0 Å². The molecule has 0 aliphatic carbocycles. The van der Waals surface area contributed by atoms with Gasteiger partial charge in [-0.3, -0.25) is 4.79 Å². The molecule has 0 saturated heterocycles. The summed E-state index contributed by atoms with van der Waals surface area (Å²) in [7, 11) is 0. The summed E-state index contributed by atoms with van der Waals surface area (Å²) < 4.78 is 39.6. The maximum absolute atomic E-state index is 13.2. The number of anilines is 1. The first-order chi connectivity index (χ1) is 10.8. The molecule has 6 heteroatoms. The van der Waals surface area contributed by atoms with E-state index < -0.39 is 17.3 Å². The zero-order chi connectivity index (χ0) is 16.8. The van der Waals surface area contributed by atoms with Crippen LogP contribution in [0.1, 0.15) is 44.2 Å². The Morgan fingerprint density at radius 2 is 1.87 bits per heavy atom. The molecule has 0 fully saturated rings. The number of hydrogen-bond acceptors (Lipinski definition) is 2. The summed E-state index contributed by atoms with van der Waals surface area (Å²) in [6, 6.07) is 3.83. The van der Waals surface area contributed by atoms with Crippen molar-refractivity contribution in [2.45, 2.75) is 51.2 Å². The van der Waals surface area contributed by atoms with Crippen molar-refractivity contribution < 1.29 is 13.2 Å². The lowest BCUT2D eigenvalue weighted by Crippen LogP contribution is -2.40. The van der Waals surface area contributed by atoms with Crippen LogP contribution in [0.4, 0.5) is 18.9 Å². The number of fused-ring (bicyclic) bond motifs is 2. The summed E-state index contributed by atoms with van der Waals surface area (Å²) in [4.78, 5) is 14.1. The number of pyridine rings is 1. The van der Waals surface area contributed by atoms with Gasteiger partial charge in [0.15, 0.2) is 0 Å². The maximum atomic E-state index is 13.2. The lowest BCUT2D eigenvalue weighted by Gasteiger charge is -2.39. The molecule has 0 unspecified atom stereocenters.